The molecular weight excluding hydrogens is 374 g/mol. The minimum atomic E-state index is -3.59. The Morgan fingerprint density at radius 2 is 1.57 bits per heavy atom. The molecule has 0 saturated heterocycles. The molecule has 0 spiro atoms. The van der Waals surface area contributed by atoms with Crippen molar-refractivity contribution in [2.75, 3.05) is 30.3 Å². The van der Waals surface area contributed by atoms with E-state index in [0.29, 0.717) is 24.3 Å². The van der Waals surface area contributed by atoms with Gasteiger partial charge >= 0.3 is 0 Å². The molecule has 0 aromatic heterocycles. The van der Waals surface area contributed by atoms with Crippen molar-refractivity contribution in [3.8, 4) is 0 Å². The maximum absolute atomic E-state index is 12.8. The third-order valence-corrected chi connectivity index (χ3v) is 6.80. The summed E-state index contributed by atoms with van der Waals surface area (Å²) < 4.78 is 27.0. The van der Waals surface area contributed by atoms with Gasteiger partial charge in [0.05, 0.1) is 11.4 Å². The molecule has 0 aliphatic heterocycles. The molecule has 0 heterocycles. The van der Waals surface area contributed by atoms with Crippen LogP contribution in [0.25, 0.3) is 0 Å². The van der Waals surface area contributed by atoms with Gasteiger partial charge in [-0.05, 0) is 48.7 Å². The molecule has 0 bridgehead atoms. The van der Waals surface area contributed by atoms with Crippen molar-refractivity contribution in [3.63, 3.8) is 0 Å². The number of benzene rings is 2. The Morgan fingerprint density at radius 1 is 0.964 bits per heavy atom. The molecule has 6 nitrogen and oxygen atoms in total. The first-order chi connectivity index (χ1) is 13.3. The predicted octanol–water partition coefficient (Wildman–Crippen LogP) is 3.64. The van der Waals surface area contributed by atoms with Crippen LogP contribution < -0.4 is 10.6 Å². The highest BCUT2D eigenvalue weighted by molar-refractivity contribution is 7.89. The van der Waals surface area contributed by atoms with Gasteiger partial charge in [-0.1, -0.05) is 39.0 Å². The fourth-order valence-corrected chi connectivity index (χ4v) is 4.61. The van der Waals surface area contributed by atoms with Crippen LogP contribution in [-0.4, -0.2) is 38.3 Å². The number of anilines is 2. The molecule has 0 aliphatic rings. The van der Waals surface area contributed by atoms with Gasteiger partial charge < -0.3 is 10.6 Å². The van der Waals surface area contributed by atoms with Gasteiger partial charge in [-0.15, -0.1) is 0 Å². The lowest BCUT2D eigenvalue weighted by Gasteiger charge is -2.20. The third-order valence-electron chi connectivity index (χ3n) is 4.61. The average Bonchev–Trinajstić information content (AvgIpc) is 2.69. The highest BCUT2D eigenvalue weighted by Gasteiger charge is 2.24. The Kier molecular flexibility index (Phi) is 7.60. The molecule has 2 aromatic rings. The minimum Gasteiger partial charge on any atom is -0.376 e. The summed E-state index contributed by atoms with van der Waals surface area (Å²) in [5.41, 5.74) is 3.21. The van der Waals surface area contributed by atoms with Gasteiger partial charge in [0.2, 0.25) is 15.9 Å². The number of hydrogen-bond donors (Lipinski definition) is 2. The summed E-state index contributed by atoms with van der Waals surface area (Å²) in [6.45, 7) is 8.35. The standard InChI is InChI=1S/C21H29N3O3S/c1-5-17-9-12-18(13-10-17)22-15-21(25)23-19-11-8-16(4)20(14-19)28(26,27)24(6-2)7-3/h8-14,22H,5-7,15H2,1-4H3,(H,23,25). The van der Waals surface area contributed by atoms with Gasteiger partial charge in [0.15, 0.2) is 0 Å². The molecule has 2 rings (SSSR count). The van der Waals surface area contributed by atoms with Crippen LogP contribution in [0.2, 0.25) is 0 Å². The second-order valence-corrected chi connectivity index (χ2v) is 8.43. The Labute approximate surface area is 168 Å². The van der Waals surface area contributed by atoms with E-state index >= 15 is 0 Å². The van der Waals surface area contributed by atoms with E-state index in [1.165, 1.54) is 15.9 Å². The molecule has 0 fully saturated rings. The van der Waals surface area contributed by atoms with Crippen LogP contribution >= 0.6 is 0 Å². The van der Waals surface area contributed by atoms with Crippen molar-refractivity contribution in [2.45, 2.75) is 39.0 Å². The maximum atomic E-state index is 12.8. The normalized spacial score (nSPS) is 11.5. The monoisotopic (exact) mass is 403 g/mol. The van der Waals surface area contributed by atoms with Gasteiger partial charge in [-0.2, -0.15) is 4.31 Å². The summed E-state index contributed by atoms with van der Waals surface area (Å²) in [5.74, 6) is -0.241. The van der Waals surface area contributed by atoms with Crippen molar-refractivity contribution in [1.29, 1.82) is 0 Å². The van der Waals surface area contributed by atoms with E-state index in [-0.39, 0.29) is 17.3 Å². The van der Waals surface area contributed by atoms with Crippen molar-refractivity contribution < 1.29 is 13.2 Å². The largest absolute Gasteiger partial charge is 0.376 e. The third kappa shape index (κ3) is 5.33. The predicted molar refractivity (Wildman–Crippen MR) is 114 cm³/mol. The Bertz CT molecular complexity index is 905. The van der Waals surface area contributed by atoms with Gasteiger partial charge in [-0.3, -0.25) is 4.79 Å². The number of amides is 1. The summed E-state index contributed by atoms with van der Waals surface area (Å²) in [6.07, 6.45) is 0.965. The van der Waals surface area contributed by atoms with Gasteiger partial charge in [0, 0.05) is 24.5 Å². The first-order valence-electron chi connectivity index (χ1n) is 9.55. The van der Waals surface area contributed by atoms with Crippen molar-refractivity contribution >= 4 is 27.3 Å². The van der Waals surface area contributed by atoms with E-state index in [9.17, 15) is 13.2 Å². The van der Waals surface area contributed by atoms with E-state index in [4.69, 9.17) is 0 Å². The summed E-state index contributed by atoms with van der Waals surface area (Å²) in [4.78, 5) is 12.5. The lowest BCUT2D eigenvalue weighted by atomic mass is 10.1. The zero-order valence-electron chi connectivity index (χ0n) is 17.0. The number of sulfonamides is 1. The van der Waals surface area contributed by atoms with Crippen molar-refractivity contribution in [1.82, 2.24) is 4.31 Å². The molecule has 7 heteroatoms. The van der Waals surface area contributed by atoms with Crippen molar-refractivity contribution in [3.05, 3.63) is 53.6 Å². The molecule has 2 aromatic carbocycles. The lowest BCUT2D eigenvalue weighted by Crippen LogP contribution is -2.31. The van der Waals surface area contributed by atoms with Gasteiger partial charge in [0.25, 0.3) is 0 Å². The molecule has 1 amide bonds. The van der Waals surface area contributed by atoms with Crippen LogP contribution in [0.5, 0.6) is 0 Å². The average molecular weight is 404 g/mol. The van der Waals surface area contributed by atoms with Gasteiger partial charge in [-0.25, -0.2) is 8.42 Å². The van der Waals surface area contributed by atoms with E-state index in [1.807, 2.05) is 24.3 Å². The molecule has 0 radical (unpaired) electrons. The number of nitrogens with zero attached hydrogens (tertiary/aromatic N) is 1. The molecular formula is C21H29N3O3S. The molecule has 2 N–H and O–H groups in total. The Morgan fingerprint density at radius 3 is 2.14 bits per heavy atom. The minimum absolute atomic E-state index is 0.0947. The molecule has 152 valence electrons. The van der Waals surface area contributed by atoms with E-state index in [2.05, 4.69) is 17.6 Å². The van der Waals surface area contributed by atoms with E-state index < -0.39 is 10.0 Å². The first-order valence-corrected chi connectivity index (χ1v) is 11.0. The van der Waals surface area contributed by atoms with Crippen LogP contribution in [0.15, 0.2) is 47.4 Å². The fourth-order valence-electron chi connectivity index (χ4n) is 2.90. The number of carbonyl (C=O) groups excluding carboxylic acids is 1. The van der Waals surface area contributed by atoms with Crippen LogP contribution in [-0.2, 0) is 21.2 Å². The van der Waals surface area contributed by atoms with Crippen LogP contribution in [0, 0.1) is 6.92 Å². The topological polar surface area (TPSA) is 78.5 Å². The number of aryl methyl sites for hydroxylation is 2. The molecule has 28 heavy (non-hydrogen) atoms. The Hall–Kier alpha value is -2.38. The van der Waals surface area contributed by atoms with Crippen LogP contribution in [0.4, 0.5) is 11.4 Å². The molecule has 0 atom stereocenters. The zero-order chi connectivity index (χ0) is 20.7. The van der Waals surface area contributed by atoms with Crippen LogP contribution in [0.3, 0.4) is 0 Å². The first kappa shape index (κ1) is 21.9. The molecule has 0 unspecified atom stereocenters. The SMILES string of the molecule is CCc1ccc(NCC(=O)Nc2ccc(C)c(S(=O)(=O)N(CC)CC)c2)cc1. The fraction of sp³-hybridized carbons (Fsp3) is 0.381. The number of nitrogens with one attached hydrogen (secondary N) is 2. The van der Waals surface area contributed by atoms with E-state index in [1.54, 1.807) is 32.9 Å². The number of carbonyl (C=O) groups is 1. The second kappa shape index (κ2) is 9.71. The smallest absolute Gasteiger partial charge is 0.243 e. The summed E-state index contributed by atoms with van der Waals surface area (Å²) in [5, 5.41) is 5.84. The Balaban J connectivity index is 2.08. The summed E-state index contributed by atoms with van der Waals surface area (Å²) in [6, 6.07) is 12.9. The summed E-state index contributed by atoms with van der Waals surface area (Å²) in [7, 11) is -3.59. The maximum Gasteiger partial charge on any atom is 0.243 e. The highest BCUT2D eigenvalue weighted by atomic mass is 32.2. The lowest BCUT2D eigenvalue weighted by molar-refractivity contribution is -0.114. The zero-order valence-corrected chi connectivity index (χ0v) is 17.8. The van der Waals surface area contributed by atoms with Crippen molar-refractivity contribution in [2.24, 2.45) is 0 Å². The van der Waals surface area contributed by atoms with Crippen LogP contribution in [0.1, 0.15) is 31.9 Å². The molecule has 0 saturated carbocycles. The number of hydrogen-bond acceptors (Lipinski definition) is 4. The van der Waals surface area contributed by atoms with E-state index in [0.717, 1.165) is 12.1 Å². The quantitative estimate of drug-likeness (QED) is 0.670. The highest BCUT2D eigenvalue weighted by Crippen LogP contribution is 2.23. The summed E-state index contributed by atoms with van der Waals surface area (Å²) >= 11 is 0. The number of rotatable bonds is 9. The molecule has 0 aliphatic carbocycles. The van der Waals surface area contributed by atoms with Gasteiger partial charge in [0.1, 0.15) is 0 Å². The second-order valence-electron chi connectivity index (χ2n) is 6.52.